The number of aliphatic hydroxyl groups is 2. The molecule has 2 N–H and O–H groups in total. The molecule has 0 aromatic heterocycles. The van der Waals surface area contributed by atoms with Gasteiger partial charge in [-0.05, 0) is 85.2 Å². The predicted molar refractivity (Wildman–Crippen MR) is 122 cm³/mol. The number of hydrogen-bond donors (Lipinski definition) is 2. The van der Waals surface area contributed by atoms with Crippen LogP contribution in [0.3, 0.4) is 0 Å². The van der Waals surface area contributed by atoms with Crippen LogP contribution in [0.15, 0.2) is 35.5 Å². The molecule has 0 spiro atoms. The highest BCUT2D eigenvalue weighted by Crippen LogP contribution is 2.60. The molecule has 0 aromatic rings. The second kappa shape index (κ2) is 9.52. The zero-order valence-corrected chi connectivity index (χ0v) is 19.2. The third kappa shape index (κ3) is 4.90. The van der Waals surface area contributed by atoms with Crippen LogP contribution in [-0.2, 0) is 0 Å². The maximum Gasteiger partial charge on any atom is 0.150 e. The van der Waals surface area contributed by atoms with E-state index >= 15 is 0 Å². The summed E-state index contributed by atoms with van der Waals surface area (Å²) in [6.07, 6.45) is 16.0. The van der Waals surface area contributed by atoms with Crippen LogP contribution in [-0.4, -0.2) is 16.3 Å². The van der Waals surface area contributed by atoms with E-state index in [-0.39, 0.29) is 6.10 Å². The summed E-state index contributed by atoms with van der Waals surface area (Å²) in [7, 11) is 0. The van der Waals surface area contributed by atoms with Gasteiger partial charge in [-0.3, -0.25) is 0 Å². The third-order valence-corrected chi connectivity index (χ3v) is 8.36. The van der Waals surface area contributed by atoms with Gasteiger partial charge in [0.1, 0.15) is 0 Å². The van der Waals surface area contributed by atoms with E-state index < -0.39 is 6.10 Å². The molecule has 3 aliphatic carbocycles. The SMILES string of the molecule is C=C1[C](O)C(O)CC/C1=C/C=C1\CCC[C@]2(C)[C@@H]([C@H](C)CCCC(C)C)CC[C@@H]12. The summed E-state index contributed by atoms with van der Waals surface area (Å²) in [5.74, 6) is 3.21. The van der Waals surface area contributed by atoms with Crippen molar-refractivity contribution in [3.63, 3.8) is 0 Å². The van der Waals surface area contributed by atoms with Crippen molar-refractivity contribution in [3.05, 3.63) is 41.6 Å². The van der Waals surface area contributed by atoms with E-state index in [1.807, 2.05) is 0 Å². The molecule has 3 aliphatic rings. The molecule has 2 heteroatoms. The molecular formula is C27H43O2. The first kappa shape index (κ1) is 22.8. The van der Waals surface area contributed by atoms with E-state index in [1.54, 1.807) is 5.57 Å². The predicted octanol–water partition coefficient (Wildman–Crippen LogP) is 7.13. The van der Waals surface area contributed by atoms with Crippen LogP contribution in [0.4, 0.5) is 0 Å². The maximum absolute atomic E-state index is 10.1. The molecule has 0 saturated heterocycles. The van der Waals surface area contributed by atoms with Crippen molar-refractivity contribution < 1.29 is 10.2 Å². The standard InChI is InChI=1S/C27H43O2/c1-18(2)8-6-9-19(3)23-14-15-24-22(10-7-17-27(23,24)5)12-11-21-13-16-25(28)26(29)20(21)4/h11-12,18-19,23-25,28-29H,4,6-10,13-17H2,1-3,5H3/b21-11-,22-12+/t19-,23-,24+,25?,27-/m1/s1. The van der Waals surface area contributed by atoms with Gasteiger partial charge in [0.15, 0.2) is 6.10 Å². The average Bonchev–Trinajstić information content (AvgIpc) is 3.03. The molecule has 2 nitrogen and oxygen atoms in total. The van der Waals surface area contributed by atoms with Gasteiger partial charge in [-0.15, -0.1) is 0 Å². The summed E-state index contributed by atoms with van der Waals surface area (Å²) >= 11 is 0. The Morgan fingerprint density at radius 1 is 1.10 bits per heavy atom. The molecule has 0 aromatic carbocycles. The Morgan fingerprint density at radius 2 is 1.86 bits per heavy atom. The highest BCUT2D eigenvalue weighted by molar-refractivity contribution is 5.44. The smallest absolute Gasteiger partial charge is 0.150 e. The van der Waals surface area contributed by atoms with E-state index in [0.29, 0.717) is 23.3 Å². The molecule has 5 atom stereocenters. The van der Waals surface area contributed by atoms with Gasteiger partial charge in [0.25, 0.3) is 0 Å². The lowest BCUT2D eigenvalue weighted by Gasteiger charge is -2.44. The van der Waals surface area contributed by atoms with Crippen LogP contribution in [0.25, 0.3) is 0 Å². The van der Waals surface area contributed by atoms with Gasteiger partial charge in [-0.2, -0.15) is 0 Å². The van der Waals surface area contributed by atoms with Crippen LogP contribution in [0.5, 0.6) is 0 Å². The lowest BCUT2D eigenvalue weighted by molar-refractivity contribution is 0.0928. The zero-order chi connectivity index (χ0) is 21.2. The number of fused-ring (bicyclic) bond motifs is 1. The molecule has 3 fully saturated rings. The van der Waals surface area contributed by atoms with Crippen molar-refractivity contribution in [3.8, 4) is 0 Å². The molecule has 3 saturated carbocycles. The second-order valence-corrected chi connectivity index (χ2v) is 10.7. The van der Waals surface area contributed by atoms with E-state index in [4.69, 9.17) is 0 Å². The normalized spacial score (nSPS) is 37.5. The van der Waals surface area contributed by atoms with E-state index in [2.05, 4.69) is 46.4 Å². The van der Waals surface area contributed by atoms with Crippen molar-refractivity contribution in [2.24, 2.45) is 29.1 Å². The minimum absolute atomic E-state index is 0.0607. The summed E-state index contributed by atoms with van der Waals surface area (Å²) in [4.78, 5) is 0. The van der Waals surface area contributed by atoms with Crippen LogP contribution in [0, 0.1) is 35.2 Å². The van der Waals surface area contributed by atoms with Gasteiger partial charge < -0.3 is 10.2 Å². The summed E-state index contributed by atoms with van der Waals surface area (Å²) in [6, 6.07) is 0. The summed E-state index contributed by atoms with van der Waals surface area (Å²) in [6.45, 7) is 13.8. The van der Waals surface area contributed by atoms with Crippen LogP contribution in [0.2, 0.25) is 0 Å². The lowest BCUT2D eigenvalue weighted by atomic mass is 9.60. The maximum atomic E-state index is 10.1. The van der Waals surface area contributed by atoms with Gasteiger partial charge >= 0.3 is 0 Å². The quantitative estimate of drug-likeness (QED) is 0.498. The highest BCUT2D eigenvalue weighted by Gasteiger charge is 2.50. The minimum Gasteiger partial charge on any atom is -0.390 e. The molecule has 0 bridgehead atoms. The summed E-state index contributed by atoms with van der Waals surface area (Å²) in [5.41, 5.74) is 3.78. The Kier molecular flexibility index (Phi) is 7.49. The zero-order valence-electron chi connectivity index (χ0n) is 19.2. The van der Waals surface area contributed by atoms with Crippen molar-refractivity contribution in [1.82, 2.24) is 0 Å². The number of allylic oxidation sites excluding steroid dienone is 3. The largest absolute Gasteiger partial charge is 0.390 e. The fourth-order valence-corrected chi connectivity index (χ4v) is 6.60. The summed E-state index contributed by atoms with van der Waals surface area (Å²) < 4.78 is 0. The van der Waals surface area contributed by atoms with Crippen molar-refractivity contribution in [1.29, 1.82) is 0 Å². The Labute approximate surface area is 179 Å². The van der Waals surface area contributed by atoms with E-state index in [9.17, 15) is 10.2 Å². The topological polar surface area (TPSA) is 40.5 Å². The Balaban J connectivity index is 1.70. The number of hydrogen-bond acceptors (Lipinski definition) is 2. The Hall–Kier alpha value is -0.860. The first-order valence-electron chi connectivity index (χ1n) is 12.1. The lowest BCUT2D eigenvalue weighted by Crippen LogP contribution is -2.36. The van der Waals surface area contributed by atoms with Gasteiger partial charge in [-0.1, -0.05) is 71.3 Å². The van der Waals surface area contributed by atoms with Crippen LogP contribution >= 0.6 is 0 Å². The average molecular weight is 400 g/mol. The molecule has 1 radical (unpaired) electrons. The van der Waals surface area contributed by atoms with Crippen LogP contribution < -0.4 is 0 Å². The molecule has 29 heavy (non-hydrogen) atoms. The first-order valence-corrected chi connectivity index (χ1v) is 12.1. The molecular weight excluding hydrogens is 356 g/mol. The van der Waals surface area contributed by atoms with Crippen molar-refractivity contribution >= 4 is 0 Å². The third-order valence-electron chi connectivity index (χ3n) is 8.36. The van der Waals surface area contributed by atoms with Gasteiger partial charge in [0, 0.05) is 0 Å². The molecule has 1 unspecified atom stereocenters. The van der Waals surface area contributed by atoms with Gasteiger partial charge in [-0.25, -0.2) is 0 Å². The molecule has 0 amide bonds. The Bertz CT molecular complexity index is 643. The van der Waals surface area contributed by atoms with Crippen molar-refractivity contribution in [2.75, 3.05) is 0 Å². The number of rotatable bonds is 6. The number of aliphatic hydroxyl groups excluding tert-OH is 2. The van der Waals surface area contributed by atoms with Gasteiger partial charge in [0.2, 0.25) is 0 Å². The van der Waals surface area contributed by atoms with Crippen molar-refractivity contribution in [2.45, 2.75) is 98.0 Å². The summed E-state index contributed by atoms with van der Waals surface area (Å²) in [5, 5.41) is 19.9. The molecule has 0 heterocycles. The monoisotopic (exact) mass is 399 g/mol. The van der Waals surface area contributed by atoms with Gasteiger partial charge in [0.05, 0.1) is 6.10 Å². The van der Waals surface area contributed by atoms with E-state index in [1.165, 1.54) is 51.4 Å². The van der Waals surface area contributed by atoms with E-state index in [0.717, 1.165) is 29.7 Å². The fraction of sp³-hybridized carbons (Fsp3) is 0.741. The highest BCUT2D eigenvalue weighted by atomic mass is 16.3. The second-order valence-electron chi connectivity index (χ2n) is 10.7. The Morgan fingerprint density at radius 3 is 2.59 bits per heavy atom. The molecule has 0 aliphatic heterocycles. The fourth-order valence-electron chi connectivity index (χ4n) is 6.60. The molecule has 3 rings (SSSR count). The minimum atomic E-state index is -0.738. The first-order chi connectivity index (χ1) is 13.7. The molecule has 163 valence electrons. The van der Waals surface area contributed by atoms with Crippen LogP contribution in [0.1, 0.15) is 91.9 Å².